The standard InChI is InChI=1S/C20H23F2N3O3/c21-15-7-13(8-16(22)18(15)14-1-2-17(26)24-19(14)27)25-5-3-20(4-6-25)9-12(10-23)11-28-20/h7-8,10,12,14,23H,1-6,9,11H2,(H,24,26,27). The van der Waals surface area contributed by atoms with Crippen molar-refractivity contribution in [3.8, 4) is 0 Å². The second kappa shape index (κ2) is 7.24. The van der Waals surface area contributed by atoms with Gasteiger partial charge in [-0.1, -0.05) is 0 Å². The number of carbonyl (C=O) groups excluding carboxylic acids is 2. The number of carbonyl (C=O) groups is 2. The summed E-state index contributed by atoms with van der Waals surface area (Å²) in [6.07, 6.45) is 3.92. The van der Waals surface area contributed by atoms with Crippen LogP contribution in [-0.2, 0) is 14.3 Å². The van der Waals surface area contributed by atoms with Crippen LogP contribution in [0.2, 0.25) is 0 Å². The highest BCUT2D eigenvalue weighted by Crippen LogP contribution is 2.40. The molecule has 0 saturated carbocycles. The van der Waals surface area contributed by atoms with E-state index in [9.17, 15) is 18.4 Å². The van der Waals surface area contributed by atoms with Crippen molar-refractivity contribution in [2.24, 2.45) is 5.92 Å². The van der Waals surface area contributed by atoms with Gasteiger partial charge in [-0.05, 0) is 37.8 Å². The number of rotatable bonds is 3. The molecule has 150 valence electrons. The Morgan fingerprint density at radius 1 is 1.21 bits per heavy atom. The molecule has 2 unspecified atom stereocenters. The molecular weight excluding hydrogens is 368 g/mol. The van der Waals surface area contributed by atoms with Crippen LogP contribution in [0.15, 0.2) is 12.1 Å². The molecule has 3 aliphatic heterocycles. The molecule has 2 amide bonds. The molecule has 28 heavy (non-hydrogen) atoms. The summed E-state index contributed by atoms with van der Waals surface area (Å²) in [6.45, 7) is 1.79. The molecule has 3 aliphatic rings. The van der Waals surface area contributed by atoms with E-state index in [0.717, 1.165) is 19.3 Å². The van der Waals surface area contributed by atoms with Gasteiger partial charge in [0.2, 0.25) is 11.8 Å². The van der Waals surface area contributed by atoms with Gasteiger partial charge in [0.15, 0.2) is 0 Å². The number of benzene rings is 1. The van der Waals surface area contributed by atoms with Crippen molar-refractivity contribution in [3.63, 3.8) is 0 Å². The quantitative estimate of drug-likeness (QED) is 0.613. The van der Waals surface area contributed by atoms with E-state index < -0.39 is 29.4 Å². The summed E-state index contributed by atoms with van der Waals surface area (Å²) in [5, 5.41) is 9.55. The van der Waals surface area contributed by atoms with Gasteiger partial charge in [0, 0.05) is 42.9 Å². The number of nitrogens with one attached hydrogen (secondary N) is 2. The van der Waals surface area contributed by atoms with Crippen molar-refractivity contribution >= 4 is 23.7 Å². The maximum Gasteiger partial charge on any atom is 0.234 e. The van der Waals surface area contributed by atoms with E-state index >= 15 is 0 Å². The molecule has 1 aromatic carbocycles. The third-order valence-corrected chi connectivity index (χ3v) is 6.16. The summed E-state index contributed by atoms with van der Waals surface area (Å²) in [7, 11) is 0. The fourth-order valence-corrected chi connectivity index (χ4v) is 4.56. The van der Waals surface area contributed by atoms with Gasteiger partial charge in [-0.15, -0.1) is 0 Å². The Morgan fingerprint density at radius 2 is 1.89 bits per heavy atom. The smallest absolute Gasteiger partial charge is 0.234 e. The van der Waals surface area contributed by atoms with E-state index in [1.807, 2.05) is 4.90 Å². The van der Waals surface area contributed by atoms with Crippen molar-refractivity contribution in [1.82, 2.24) is 5.32 Å². The first-order chi connectivity index (χ1) is 13.4. The first-order valence-corrected chi connectivity index (χ1v) is 9.63. The van der Waals surface area contributed by atoms with Gasteiger partial charge in [0.05, 0.1) is 18.1 Å². The highest BCUT2D eigenvalue weighted by molar-refractivity contribution is 6.01. The van der Waals surface area contributed by atoms with Crippen LogP contribution in [0.25, 0.3) is 0 Å². The van der Waals surface area contributed by atoms with Crippen molar-refractivity contribution < 1.29 is 23.1 Å². The number of anilines is 1. The predicted molar refractivity (Wildman–Crippen MR) is 98.5 cm³/mol. The zero-order chi connectivity index (χ0) is 19.9. The normalized spacial score (nSPS) is 27.1. The molecule has 1 aromatic rings. The molecule has 8 heteroatoms. The van der Waals surface area contributed by atoms with E-state index in [2.05, 4.69) is 5.32 Å². The third kappa shape index (κ3) is 3.41. The number of hydrogen-bond acceptors (Lipinski definition) is 5. The minimum atomic E-state index is -0.985. The van der Waals surface area contributed by atoms with Crippen LogP contribution in [0, 0.1) is 23.0 Å². The van der Waals surface area contributed by atoms with E-state index in [4.69, 9.17) is 10.1 Å². The molecule has 2 N–H and O–H groups in total. The molecule has 1 spiro atoms. The molecule has 0 radical (unpaired) electrons. The first kappa shape index (κ1) is 19.0. The zero-order valence-electron chi connectivity index (χ0n) is 15.5. The Bertz CT molecular complexity index is 798. The number of amides is 2. The van der Waals surface area contributed by atoms with Crippen molar-refractivity contribution in [2.45, 2.75) is 43.6 Å². The summed E-state index contributed by atoms with van der Waals surface area (Å²) in [5.74, 6) is -3.42. The Hall–Kier alpha value is -2.35. The number of imide groups is 1. The maximum atomic E-state index is 14.7. The van der Waals surface area contributed by atoms with Crippen LogP contribution in [0.3, 0.4) is 0 Å². The Morgan fingerprint density at radius 3 is 2.46 bits per heavy atom. The van der Waals surface area contributed by atoms with Crippen LogP contribution >= 0.6 is 0 Å². The molecule has 0 aromatic heterocycles. The van der Waals surface area contributed by atoms with Gasteiger partial charge < -0.3 is 15.0 Å². The molecule has 6 nitrogen and oxygen atoms in total. The lowest BCUT2D eigenvalue weighted by Gasteiger charge is -2.40. The van der Waals surface area contributed by atoms with Crippen LogP contribution in [0.5, 0.6) is 0 Å². The van der Waals surface area contributed by atoms with Gasteiger partial charge in [-0.3, -0.25) is 14.9 Å². The van der Waals surface area contributed by atoms with Gasteiger partial charge in [0.1, 0.15) is 11.6 Å². The SMILES string of the molecule is N=CC1COC2(CCN(c3cc(F)c(C4CCC(=O)NC4=O)c(F)c3)CC2)C1. The van der Waals surface area contributed by atoms with Gasteiger partial charge >= 0.3 is 0 Å². The average Bonchev–Trinajstić information content (AvgIpc) is 3.06. The summed E-state index contributed by atoms with van der Waals surface area (Å²) in [5.41, 5.74) is -0.0553. The number of ether oxygens (including phenoxy) is 1. The van der Waals surface area contributed by atoms with E-state index in [1.54, 1.807) is 0 Å². The molecule has 4 rings (SSSR count). The molecule has 0 bridgehead atoms. The second-order valence-corrected chi connectivity index (χ2v) is 7.94. The molecule has 3 fully saturated rings. The Labute approximate surface area is 161 Å². The third-order valence-electron chi connectivity index (χ3n) is 6.16. The number of nitrogens with zero attached hydrogens (tertiary/aromatic N) is 1. The lowest BCUT2D eigenvalue weighted by atomic mass is 9.85. The fourth-order valence-electron chi connectivity index (χ4n) is 4.56. The molecule has 2 atom stereocenters. The largest absolute Gasteiger partial charge is 0.374 e. The minimum Gasteiger partial charge on any atom is -0.374 e. The highest BCUT2D eigenvalue weighted by Gasteiger charge is 2.42. The number of hydrogen-bond donors (Lipinski definition) is 2. The van der Waals surface area contributed by atoms with Crippen LogP contribution in [0.1, 0.15) is 43.6 Å². The van der Waals surface area contributed by atoms with Crippen molar-refractivity contribution in [2.75, 3.05) is 24.6 Å². The number of piperidine rings is 2. The van der Waals surface area contributed by atoms with Gasteiger partial charge in [-0.25, -0.2) is 8.78 Å². The van der Waals surface area contributed by atoms with Crippen LogP contribution < -0.4 is 10.2 Å². The molecule has 3 heterocycles. The molecule has 0 aliphatic carbocycles. The Kier molecular flexibility index (Phi) is 4.91. The van der Waals surface area contributed by atoms with E-state index in [0.29, 0.717) is 25.4 Å². The highest BCUT2D eigenvalue weighted by atomic mass is 19.1. The van der Waals surface area contributed by atoms with Crippen molar-refractivity contribution in [3.05, 3.63) is 29.3 Å². The van der Waals surface area contributed by atoms with Gasteiger partial charge in [0.25, 0.3) is 0 Å². The van der Waals surface area contributed by atoms with Crippen molar-refractivity contribution in [1.29, 1.82) is 5.41 Å². The summed E-state index contributed by atoms with van der Waals surface area (Å²) >= 11 is 0. The summed E-state index contributed by atoms with van der Waals surface area (Å²) < 4.78 is 35.4. The first-order valence-electron chi connectivity index (χ1n) is 9.63. The van der Waals surface area contributed by atoms with Gasteiger partial charge in [-0.2, -0.15) is 0 Å². The van der Waals surface area contributed by atoms with E-state index in [-0.39, 0.29) is 29.9 Å². The van der Waals surface area contributed by atoms with Crippen LogP contribution in [-0.4, -0.2) is 43.3 Å². The fraction of sp³-hybridized carbons (Fsp3) is 0.550. The lowest BCUT2D eigenvalue weighted by Crippen LogP contribution is -2.44. The summed E-state index contributed by atoms with van der Waals surface area (Å²) in [6, 6.07) is 2.55. The summed E-state index contributed by atoms with van der Waals surface area (Å²) in [4.78, 5) is 25.2. The minimum absolute atomic E-state index is 0.0714. The van der Waals surface area contributed by atoms with Crippen LogP contribution in [0.4, 0.5) is 14.5 Å². The lowest BCUT2D eigenvalue weighted by molar-refractivity contribution is -0.134. The zero-order valence-corrected chi connectivity index (χ0v) is 15.5. The van der Waals surface area contributed by atoms with E-state index in [1.165, 1.54) is 18.3 Å². The predicted octanol–water partition coefficient (Wildman–Crippen LogP) is 2.51. The maximum absolute atomic E-state index is 14.7. The molecule has 3 saturated heterocycles. The average molecular weight is 391 g/mol. The topological polar surface area (TPSA) is 82.5 Å². The number of halogens is 2. The Balaban J connectivity index is 1.49. The molecular formula is C20H23F2N3O3. The second-order valence-electron chi connectivity index (χ2n) is 7.94. The monoisotopic (exact) mass is 391 g/mol.